The van der Waals surface area contributed by atoms with Crippen molar-refractivity contribution in [3.8, 4) is 22.8 Å². The van der Waals surface area contributed by atoms with Crippen LogP contribution in [0.5, 0.6) is 11.5 Å². The van der Waals surface area contributed by atoms with E-state index in [1.165, 1.54) is 18.5 Å². The van der Waals surface area contributed by atoms with Gasteiger partial charge >= 0.3 is 0 Å². The zero-order chi connectivity index (χ0) is 27.2. The summed E-state index contributed by atoms with van der Waals surface area (Å²) in [6, 6.07) is 5.44. The van der Waals surface area contributed by atoms with Crippen LogP contribution in [0.15, 0.2) is 30.6 Å². The zero-order valence-corrected chi connectivity index (χ0v) is 18.9. The number of carbonyl (C=O) groups excluding carboxylic acids is 1. The lowest BCUT2D eigenvalue weighted by Crippen LogP contribution is -2.17. The Morgan fingerprint density at radius 1 is 1.31 bits per heavy atom. The summed E-state index contributed by atoms with van der Waals surface area (Å²) in [4.78, 5) is 21.1. The number of benzene rings is 2. The Balaban J connectivity index is 1.42. The monoisotopic (exact) mass is 484 g/mol. The van der Waals surface area contributed by atoms with E-state index in [0.29, 0.717) is 12.2 Å². The van der Waals surface area contributed by atoms with E-state index in [-0.39, 0.29) is 58.4 Å². The van der Waals surface area contributed by atoms with Crippen LogP contribution in [0.4, 0.5) is 20.3 Å². The van der Waals surface area contributed by atoms with E-state index >= 15 is 4.39 Å². The molecule has 0 bridgehead atoms. The van der Waals surface area contributed by atoms with Gasteiger partial charge in [-0.1, -0.05) is 6.07 Å². The number of likely N-dealkylation sites (N-methyl/N-ethyl adjacent to an activating group) is 1. The molecule has 2 heterocycles. The first-order valence-corrected chi connectivity index (χ1v) is 11.0. The molecule has 8 nitrogen and oxygen atoms in total. The Kier molecular flexibility index (Phi) is 4.89. The second kappa shape index (κ2) is 8.77. The molecular formula is C25H25F2N5O3. The van der Waals surface area contributed by atoms with Crippen molar-refractivity contribution in [3.63, 3.8) is 0 Å². The number of nitrogens with one attached hydrogen (secondary N) is 2. The van der Waals surface area contributed by atoms with Gasteiger partial charge in [0.25, 0.3) is 5.91 Å². The molecule has 1 aliphatic carbocycles. The minimum absolute atomic E-state index is 0.0229. The van der Waals surface area contributed by atoms with E-state index in [4.69, 9.17) is 19.3 Å². The third kappa shape index (κ3) is 4.03. The van der Waals surface area contributed by atoms with Gasteiger partial charge in [-0.05, 0) is 50.5 Å². The number of ether oxygens (including phenoxy) is 2. The van der Waals surface area contributed by atoms with Crippen molar-refractivity contribution in [1.82, 2.24) is 15.3 Å². The van der Waals surface area contributed by atoms with Crippen LogP contribution in [0.1, 0.15) is 38.4 Å². The van der Waals surface area contributed by atoms with E-state index in [1.807, 2.05) is 0 Å². The molecule has 1 fully saturated rings. The third-order valence-electron chi connectivity index (χ3n) is 6.44. The topological polar surface area (TPSA) is 111 Å². The largest absolute Gasteiger partial charge is 0.489 e. The number of carbonyl (C=O) groups is 1. The highest BCUT2D eigenvalue weighted by atomic mass is 19.1. The summed E-state index contributed by atoms with van der Waals surface area (Å²) in [5.74, 6) is -2.12. The van der Waals surface area contributed by atoms with Gasteiger partial charge in [0.2, 0.25) is 0 Å². The normalized spacial score (nSPS) is 16.6. The van der Waals surface area contributed by atoms with Gasteiger partial charge in [-0.2, -0.15) is 0 Å². The van der Waals surface area contributed by atoms with Gasteiger partial charge in [0, 0.05) is 32.9 Å². The maximum Gasteiger partial charge on any atom is 0.258 e. The molecule has 4 N–H and O–H groups in total. The van der Waals surface area contributed by atoms with Gasteiger partial charge in [0.15, 0.2) is 23.1 Å². The Bertz CT molecular complexity index is 1430. The first kappa shape index (κ1) is 19.5. The van der Waals surface area contributed by atoms with Gasteiger partial charge in [-0.15, -0.1) is 0 Å². The van der Waals surface area contributed by atoms with E-state index in [1.54, 1.807) is 13.0 Å². The molecule has 0 saturated heterocycles. The molecule has 10 heteroatoms. The van der Waals surface area contributed by atoms with Gasteiger partial charge in [-0.25, -0.2) is 18.7 Å². The van der Waals surface area contributed by atoms with E-state index < -0.39 is 24.5 Å². The molecule has 0 radical (unpaired) electrons. The second-order valence-corrected chi connectivity index (χ2v) is 8.66. The lowest BCUT2D eigenvalue weighted by atomic mass is 9.96. The van der Waals surface area contributed by atoms with E-state index in [2.05, 4.69) is 20.6 Å². The van der Waals surface area contributed by atoms with Crippen molar-refractivity contribution in [3.05, 3.63) is 58.9 Å². The molecule has 3 aromatic rings. The minimum atomic E-state index is -2.35. The predicted octanol–water partition coefficient (Wildman–Crippen LogP) is 3.59. The molecule has 1 spiro atoms. The highest BCUT2D eigenvalue weighted by Gasteiger charge is 2.51. The van der Waals surface area contributed by atoms with Crippen molar-refractivity contribution >= 4 is 17.4 Å². The Morgan fingerprint density at radius 2 is 2.14 bits per heavy atom. The fourth-order valence-electron chi connectivity index (χ4n) is 4.31. The summed E-state index contributed by atoms with van der Waals surface area (Å²) in [5, 5.41) is 4.90. The second-order valence-electron chi connectivity index (χ2n) is 8.66. The molecular weight excluding hydrogens is 456 g/mol. The van der Waals surface area contributed by atoms with Crippen LogP contribution in [0.2, 0.25) is 0 Å². The summed E-state index contributed by atoms with van der Waals surface area (Å²) in [6.07, 6.45) is 3.02. The SMILES string of the molecule is [2H]C([2H])([2H])NCCOc1c(N)ncnc1-c1cc(F)cc(NC(=O)c2ccc3c(c2F)OCC32CC2)c1C. The lowest BCUT2D eigenvalue weighted by molar-refractivity contribution is 0.102. The maximum atomic E-state index is 15.2. The van der Waals surface area contributed by atoms with E-state index in [0.717, 1.165) is 24.5 Å². The number of hydrogen-bond acceptors (Lipinski definition) is 7. The van der Waals surface area contributed by atoms with Gasteiger partial charge in [0.05, 0.1) is 12.2 Å². The molecule has 1 aromatic heterocycles. The number of halogens is 2. The standard InChI is InChI=1S/C25H25F2N5O3/c1-13-16(20-22(34-8-7-29-2)23(28)31-12-30-20)9-14(26)10-18(13)32-24(33)15-3-4-17-21(19(15)27)35-11-25(17)5-6-25/h3-4,9-10,12,29H,5-8,11H2,1-2H3,(H,32,33)(H2,28,30,31)/i2D3. The van der Waals surface area contributed by atoms with Crippen molar-refractivity contribution in [2.24, 2.45) is 0 Å². The van der Waals surface area contributed by atoms with Crippen LogP contribution in [0.25, 0.3) is 11.3 Å². The van der Waals surface area contributed by atoms with E-state index in [9.17, 15) is 9.18 Å². The number of nitrogens with two attached hydrogens (primary N) is 1. The fourth-order valence-corrected chi connectivity index (χ4v) is 4.31. The molecule has 2 aromatic carbocycles. The first-order chi connectivity index (χ1) is 18.0. The number of aromatic nitrogens is 2. The van der Waals surface area contributed by atoms with Crippen LogP contribution in [0.3, 0.4) is 0 Å². The first-order valence-electron chi connectivity index (χ1n) is 12.5. The highest BCUT2D eigenvalue weighted by molar-refractivity contribution is 6.05. The van der Waals surface area contributed by atoms with Gasteiger partial charge in [-0.3, -0.25) is 4.79 Å². The number of fused-ring (bicyclic) bond motifs is 2. The maximum absolute atomic E-state index is 15.2. The minimum Gasteiger partial charge on any atom is -0.489 e. The fraction of sp³-hybridized carbons (Fsp3) is 0.320. The molecule has 1 amide bonds. The zero-order valence-electron chi connectivity index (χ0n) is 21.9. The number of nitrogen functional groups attached to an aromatic ring is 1. The van der Waals surface area contributed by atoms with Gasteiger partial charge < -0.3 is 25.8 Å². The summed E-state index contributed by atoms with van der Waals surface area (Å²) >= 11 is 0. The number of nitrogens with zero attached hydrogens (tertiary/aromatic N) is 2. The molecule has 1 saturated carbocycles. The van der Waals surface area contributed by atoms with Gasteiger partial charge in [0.1, 0.15) is 24.4 Å². The molecule has 182 valence electrons. The average Bonchev–Trinajstić information content (AvgIpc) is 3.54. The average molecular weight is 485 g/mol. The van der Waals surface area contributed by atoms with Crippen LogP contribution < -0.4 is 25.8 Å². The molecule has 0 atom stereocenters. The lowest BCUT2D eigenvalue weighted by Gasteiger charge is -2.17. The van der Waals surface area contributed by atoms with Crippen molar-refractivity contribution in [2.75, 3.05) is 37.8 Å². The smallest absolute Gasteiger partial charge is 0.258 e. The van der Waals surface area contributed by atoms with Crippen LogP contribution in [-0.4, -0.2) is 42.6 Å². The summed E-state index contributed by atoms with van der Waals surface area (Å²) in [7, 11) is 0. The summed E-state index contributed by atoms with van der Waals surface area (Å²) in [5.41, 5.74) is 7.29. The Labute approximate surface area is 205 Å². The molecule has 2 aliphatic rings. The summed E-state index contributed by atoms with van der Waals surface area (Å²) < 4.78 is 62.8. The molecule has 5 rings (SSSR count). The highest BCUT2D eigenvalue weighted by Crippen LogP contribution is 2.56. The van der Waals surface area contributed by atoms with Crippen LogP contribution >= 0.6 is 0 Å². The van der Waals surface area contributed by atoms with Crippen molar-refractivity contribution in [2.45, 2.75) is 25.2 Å². The predicted molar refractivity (Wildman–Crippen MR) is 127 cm³/mol. The molecule has 35 heavy (non-hydrogen) atoms. The number of rotatable bonds is 7. The Morgan fingerprint density at radius 3 is 2.91 bits per heavy atom. The molecule has 0 unspecified atom stereocenters. The third-order valence-corrected chi connectivity index (χ3v) is 6.44. The van der Waals surface area contributed by atoms with Crippen molar-refractivity contribution in [1.29, 1.82) is 0 Å². The number of hydrogen-bond donors (Lipinski definition) is 3. The van der Waals surface area contributed by atoms with Crippen LogP contribution in [-0.2, 0) is 5.41 Å². The summed E-state index contributed by atoms with van der Waals surface area (Å²) in [6.45, 7) is -0.426. The van der Waals surface area contributed by atoms with Crippen LogP contribution in [0, 0.1) is 18.6 Å². The Hall–Kier alpha value is -3.79. The molecule has 1 aliphatic heterocycles. The quantitative estimate of drug-likeness (QED) is 0.440. The number of amides is 1. The van der Waals surface area contributed by atoms with Crippen molar-refractivity contribution < 1.29 is 27.2 Å². The number of anilines is 2.